The molecule has 0 bridgehead atoms. The molecule has 0 aromatic heterocycles. The molecule has 1 N–H and O–H groups in total. The van der Waals surface area contributed by atoms with E-state index < -0.39 is 0 Å². The third-order valence-electron chi connectivity index (χ3n) is 4.69. The van der Waals surface area contributed by atoms with Crippen molar-refractivity contribution >= 4 is 5.91 Å². The van der Waals surface area contributed by atoms with E-state index in [4.69, 9.17) is 14.2 Å². The highest BCUT2D eigenvalue weighted by Gasteiger charge is 2.16. The van der Waals surface area contributed by atoms with E-state index >= 15 is 0 Å². The van der Waals surface area contributed by atoms with Crippen LogP contribution >= 0.6 is 0 Å². The number of carbonyl (C=O) groups is 1. The van der Waals surface area contributed by atoms with Gasteiger partial charge in [0.05, 0.1) is 18.8 Å². The fourth-order valence-corrected chi connectivity index (χ4v) is 3.10. The van der Waals surface area contributed by atoms with Crippen LogP contribution in [0.15, 0.2) is 48.5 Å². The second kappa shape index (κ2) is 10.2. The summed E-state index contributed by atoms with van der Waals surface area (Å²) in [5, 5.41) is 2.99. The maximum Gasteiger partial charge on any atom is 0.251 e. The lowest BCUT2D eigenvalue weighted by atomic mass is 10.1. The van der Waals surface area contributed by atoms with Crippen LogP contribution in [0.1, 0.15) is 48.2 Å². The van der Waals surface area contributed by atoms with E-state index in [0.29, 0.717) is 31.1 Å². The first kappa shape index (κ1) is 20.4. The highest BCUT2D eigenvalue weighted by molar-refractivity contribution is 5.94. The molecular weight excluding hydrogens is 354 g/mol. The Bertz CT molecular complexity index is 769. The van der Waals surface area contributed by atoms with E-state index in [-0.39, 0.29) is 18.1 Å². The highest BCUT2D eigenvalue weighted by Crippen LogP contribution is 2.18. The molecule has 1 aliphatic rings. The Morgan fingerprint density at radius 3 is 2.75 bits per heavy atom. The standard InChI is InChI=1S/C23H29NO4/c1-17(2)27-15-20-8-4-3-7-19(20)14-24-23(25)18-9-5-10-21(13-18)28-16-22-11-6-12-26-22/h3-5,7-10,13,17,22H,6,11-12,14-16H2,1-2H3,(H,24,25). The first-order chi connectivity index (χ1) is 13.6. The summed E-state index contributed by atoms with van der Waals surface area (Å²) in [4.78, 5) is 12.6. The molecule has 1 atom stereocenters. The number of hydrogen-bond donors (Lipinski definition) is 1. The molecule has 0 spiro atoms. The average Bonchev–Trinajstić information content (AvgIpc) is 3.23. The van der Waals surface area contributed by atoms with Gasteiger partial charge in [-0.05, 0) is 56.0 Å². The van der Waals surface area contributed by atoms with Gasteiger partial charge in [0.15, 0.2) is 0 Å². The zero-order chi connectivity index (χ0) is 19.8. The molecule has 3 rings (SSSR count). The van der Waals surface area contributed by atoms with Gasteiger partial charge >= 0.3 is 0 Å². The zero-order valence-corrected chi connectivity index (χ0v) is 16.6. The van der Waals surface area contributed by atoms with Crippen molar-refractivity contribution in [3.8, 4) is 5.75 Å². The van der Waals surface area contributed by atoms with Crippen molar-refractivity contribution in [1.82, 2.24) is 5.32 Å². The van der Waals surface area contributed by atoms with Gasteiger partial charge in [0, 0.05) is 18.7 Å². The molecule has 2 aromatic rings. The summed E-state index contributed by atoms with van der Waals surface area (Å²) >= 11 is 0. The normalized spacial score (nSPS) is 16.3. The second-order valence-corrected chi connectivity index (χ2v) is 7.29. The minimum atomic E-state index is -0.123. The van der Waals surface area contributed by atoms with Gasteiger partial charge in [0.1, 0.15) is 12.4 Å². The summed E-state index contributed by atoms with van der Waals surface area (Å²) in [5.74, 6) is 0.566. The molecular formula is C23H29NO4. The molecule has 1 amide bonds. The van der Waals surface area contributed by atoms with E-state index in [9.17, 15) is 4.79 Å². The van der Waals surface area contributed by atoms with Crippen molar-refractivity contribution in [3.63, 3.8) is 0 Å². The molecule has 0 radical (unpaired) electrons. The quantitative estimate of drug-likeness (QED) is 0.708. The lowest BCUT2D eigenvalue weighted by molar-refractivity contribution is 0.0651. The molecule has 0 aliphatic carbocycles. The van der Waals surface area contributed by atoms with E-state index in [2.05, 4.69) is 5.32 Å². The fraction of sp³-hybridized carbons (Fsp3) is 0.435. The molecule has 5 nitrogen and oxygen atoms in total. The molecule has 0 saturated carbocycles. The van der Waals surface area contributed by atoms with Gasteiger partial charge in [-0.15, -0.1) is 0 Å². The van der Waals surface area contributed by atoms with E-state index in [1.165, 1.54) is 0 Å². The van der Waals surface area contributed by atoms with Crippen LogP contribution in [0.25, 0.3) is 0 Å². The Labute approximate surface area is 167 Å². The van der Waals surface area contributed by atoms with Crippen molar-refractivity contribution in [2.24, 2.45) is 0 Å². The second-order valence-electron chi connectivity index (χ2n) is 7.29. The first-order valence-corrected chi connectivity index (χ1v) is 9.93. The molecule has 1 unspecified atom stereocenters. The zero-order valence-electron chi connectivity index (χ0n) is 16.6. The third-order valence-corrected chi connectivity index (χ3v) is 4.69. The maximum atomic E-state index is 12.6. The van der Waals surface area contributed by atoms with Crippen LogP contribution in [0, 0.1) is 0 Å². The summed E-state index contributed by atoms with van der Waals surface area (Å²) in [6.07, 6.45) is 2.43. The molecule has 1 aliphatic heterocycles. The van der Waals surface area contributed by atoms with Crippen LogP contribution < -0.4 is 10.1 Å². The van der Waals surface area contributed by atoms with Crippen molar-refractivity contribution in [3.05, 3.63) is 65.2 Å². The number of amides is 1. The van der Waals surface area contributed by atoms with Crippen molar-refractivity contribution < 1.29 is 19.0 Å². The lowest BCUT2D eigenvalue weighted by Gasteiger charge is -2.14. The molecule has 1 fully saturated rings. The van der Waals surface area contributed by atoms with Crippen LogP contribution in [-0.4, -0.2) is 31.3 Å². The number of carbonyl (C=O) groups excluding carboxylic acids is 1. The van der Waals surface area contributed by atoms with E-state index in [1.54, 1.807) is 12.1 Å². The van der Waals surface area contributed by atoms with E-state index in [1.807, 2.05) is 50.2 Å². The Morgan fingerprint density at radius 2 is 2.00 bits per heavy atom. The van der Waals surface area contributed by atoms with E-state index in [0.717, 1.165) is 30.6 Å². The van der Waals surface area contributed by atoms with Crippen LogP contribution in [0.5, 0.6) is 5.75 Å². The summed E-state index contributed by atoms with van der Waals surface area (Å²) in [6.45, 7) is 6.35. The minimum Gasteiger partial charge on any atom is -0.491 e. The topological polar surface area (TPSA) is 56.8 Å². The van der Waals surface area contributed by atoms with Crippen molar-refractivity contribution in [2.45, 2.75) is 52.0 Å². The van der Waals surface area contributed by atoms with Crippen LogP contribution in [0.3, 0.4) is 0 Å². The summed E-state index contributed by atoms with van der Waals surface area (Å²) < 4.78 is 17.1. The number of hydrogen-bond acceptors (Lipinski definition) is 4. The van der Waals surface area contributed by atoms with Gasteiger partial charge in [-0.3, -0.25) is 4.79 Å². The fourth-order valence-electron chi connectivity index (χ4n) is 3.10. The summed E-state index contributed by atoms with van der Waals surface area (Å²) in [6, 6.07) is 15.3. The molecule has 2 aromatic carbocycles. The van der Waals surface area contributed by atoms with Crippen LogP contribution in [-0.2, 0) is 22.6 Å². The number of benzene rings is 2. The molecule has 1 saturated heterocycles. The van der Waals surface area contributed by atoms with Gasteiger partial charge in [-0.25, -0.2) is 0 Å². The predicted molar refractivity (Wildman–Crippen MR) is 108 cm³/mol. The van der Waals surface area contributed by atoms with Crippen molar-refractivity contribution in [1.29, 1.82) is 0 Å². The lowest BCUT2D eigenvalue weighted by Crippen LogP contribution is -2.23. The highest BCUT2D eigenvalue weighted by atomic mass is 16.5. The predicted octanol–water partition coefficient (Wildman–Crippen LogP) is 4.10. The van der Waals surface area contributed by atoms with Gasteiger partial charge < -0.3 is 19.5 Å². The third kappa shape index (κ3) is 6.08. The van der Waals surface area contributed by atoms with Gasteiger partial charge in [0.25, 0.3) is 5.91 Å². The van der Waals surface area contributed by atoms with Gasteiger partial charge in [0.2, 0.25) is 0 Å². The smallest absolute Gasteiger partial charge is 0.251 e. The molecule has 5 heteroatoms. The summed E-state index contributed by atoms with van der Waals surface area (Å²) in [5.41, 5.74) is 2.73. The Hall–Kier alpha value is -2.37. The monoisotopic (exact) mass is 383 g/mol. The Morgan fingerprint density at radius 1 is 1.18 bits per heavy atom. The van der Waals surface area contributed by atoms with Crippen LogP contribution in [0.2, 0.25) is 0 Å². The average molecular weight is 383 g/mol. The largest absolute Gasteiger partial charge is 0.491 e. The number of nitrogens with one attached hydrogen (secondary N) is 1. The number of ether oxygens (including phenoxy) is 3. The van der Waals surface area contributed by atoms with Crippen molar-refractivity contribution in [2.75, 3.05) is 13.2 Å². The van der Waals surface area contributed by atoms with Gasteiger partial charge in [-0.1, -0.05) is 30.3 Å². The number of rotatable bonds is 9. The SMILES string of the molecule is CC(C)OCc1ccccc1CNC(=O)c1cccc(OCC2CCCO2)c1. The Kier molecular flexibility index (Phi) is 7.46. The Balaban J connectivity index is 1.55. The summed E-state index contributed by atoms with van der Waals surface area (Å²) in [7, 11) is 0. The van der Waals surface area contributed by atoms with Crippen LogP contribution in [0.4, 0.5) is 0 Å². The minimum absolute atomic E-state index is 0.123. The first-order valence-electron chi connectivity index (χ1n) is 9.93. The van der Waals surface area contributed by atoms with Gasteiger partial charge in [-0.2, -0.15) is 0 Å². The molecule has 1 heterocycles. The maximum absolute atomic E-state index is 12.6. The molecule has 28 heavy (non-hydrogen) atoms. The molecule has 150 valence electrons.